The zero-order chi connectivity index (χ0) is 15.5. The Morgan fingerprint density at radius 3 is 2.09 bits per heavy atom. The van der Waals surface area contributed by atoms with E-state index < -0.39 is 0 Å². The molecule has 1 aliphatic heterocycles. The average molecular weight is 342 g/mol. The van der Waals surface area contributed by atoms with Gasteiger partial charge in [0.1, 0.15) is 0 Å². The number of halogens is 2. The Morgan fingerprint density at radius 2 is 1.50 bits per heavy atom. The molecular weight excluding hydrogens is 321 g/mol. The number of hydrogen-bond donors (Lipinski definition) is 0. The topological polar surface area (TPSA) is 29.5 Å². The van der Waals surface area contributed by atoms with Crippen LogP contribution < -0.4 is 0 Å². The first kappa shape index (κ1) is 16.1. The zero-order valence-electron chi connectivity index (χ0n) is 12.6. The van der Waals surface area contributed by atoms with E-state index in [2.05, 4.69) is 0 Å². The number of nitrogens with zero attached hydrogens (tertiary/aromatic N) is 1. The molecule has 1 saturated carbocycles. The molecule has 120 valence electrons. The number of likely N-dealkylation sites (tertiary alicyclic amines) is 1. The molecule has 2 aliphatic rings. The number of amides is 1. The highest BCUT2D eigenvalue weighted by atomic mass is 35.5. The van der Waals surface area contributed by atoms with Crippen LogP contribution in [0.25, 0.3) is 0 Å². The second-order valence-electron chi connectivity index (χ2n) is 6.19. The van der Waals surface area contributed by atoms with Gasteiger partial charge in [-0.2, -0.15) is 0 Å². The maximum Gasteiger partial charge on any atom is 0.253 e. The summed E-state index contributed by atoms with van der Waals surface area (Å²) in [6, 6.07) is 5.00. The van der Waals surface area contributed by atoms with E-state index in [1.807, 2.05) is 4.90 Å². The fourth-order valence-corrected chi connectivity index (χ4v) is 3.88. The summed E-state index contributed by atoms with van der Waals surface area (Å²) in [6.07, 6.45) is 7.54. The van der Waals surface area contributed by atoms with Crippen molar-refractivity contribution >= 4 is 29.1 Å². The third-order valence-corrected chi connectivity index (χ3v) is 4.96. The lowest BCUT2D eigenvalue weighted by atomic mass is 10.1. The van der Waals surface area contributed by atoms with E-state index in [4.69, 9.17) is 27.9 Å². The minimum absolute atomic E-state index is 0.00344. The Hall–Kier alpha value is -0.770. The highest BCUT2D eigenvalue weighted by Crippen LogP contribution is 2.26. The number of carbonyl (C=O) groups is 1. The molecular formula is C17H21Cl2NO2. The molecule has 0 bridgehead atoms. The molecule has 1 heterocycles. The molecule has 1 aromatic rings. The van der Waals surface area contributed by atoms with Gasteiger partial charge >= 0.3 is 0 Å². The summed E-state index contributed by atoms with van der Waals surface area (Å²) in [5.74, 6) is 0.00344. The van der Waals surface area contributed by atoms with Crippen LogP contribution in [0.15, 0.2) is 18.2 Å². The van der Waals surface area contributed by atoms with E-state index in [9.17, 15) is 4.79 Å². The van der Waals surface area contributed by atoms with Crippen LogP contribution in [-0.2, 0) is 4.74 Å². The lowest BCUT2D eigenvalue weighted by Gasteiger charge is -2.33. The minimum Gasteiger partial charge on any atom is -0.375 e. The average Bonchev–Trinajstić information content (AvgIpc) is 2.99. The molecule has 0 spiro atoms. The fourth-order valence-electron chi connectivity index (χ4n) is 3.35. The zero-order valence-corrected chi connectivity index (χ0v) is 14.1. The highest BCUT2D eigenvalue weighted by molar-refractivity contribution is 6.35. The Balaban J connectivity index is 1.55. The summed E-state index contributed by atoms with van der Waals surface area (Å²) in [5, 5.41) is 0.991. The van der Waals surface area contributed by atoms with Crippen LogP contribution in [0.1, 0.15) is 48.9 Å². The van der Waals surface area contributed by atoms with E-state index in [1.54, 1.807) is 18.2 Å². The normalized spacial score (nSPS) is 20.5. The van der Waals surface area contributed by atoms with Gasteiger partial charge < -0.3 is 9.64 Å². The summed E-state index contributed by atoms with van der Waals surface area (Å²) >= 11 is 12.0. The van der Waals surface area contributed by atoms with Gasteiger partial charge in [0, 0.05) is 28.7 Å². The SMILES string of the molecule is O=C(c1cc(Cl)cc(Cl)c1)N1CCC(OC2CCCC2)CC1. The summed E-state index contributed by atoms with van der Waals surface area (Å²) in [7, 11) is 0. The maximum absolute atomic E-state index is 12.5. The molecule has 1 amide bonds. The Kier molecular flexibility index (Phi) is 5.27. The molecule has 3 rings (SSSR count). The van der Waals surface area contributed by atoms with Gasteiger partial charge in [-0.1, -0.05) is 36.0 Å². The monoisotopic (exact) mass is 341 g/mol. The largest absolute Gasteiger partial charge is 0.375 e. The van der Waals surface area contributed by atoms with E-state index in [-0.39, 0.29) is 5.91 Å². The first-order chi connectivity index (χ1) is 10.6. The van der Waals surface area contributed by atoms with Gasteiger partial charge in [0.15, 0.2) is 0 Å². The molecule has 0 aromatic heterocycles. The van der Waals surface area contributed by atoms with E-state index in [1.165, 1.54) is 25.7 Å². The number of ether oxygens (including phenoxy) is 1. The van der Waals surface area contributed by atoms with Gasteiger partial charge in [0.05, 0.1) is 12.2 Å². The van der Waals surface area contributed by atoms with Crippen molar-refractivity contribution in [1.29, 1.82) is 0 Å². The van der Waals surface area contributed by atoms with Crippen molar-refractivity contribution in [2.45, 2.75) is 50.7 Å². The smallest absolute Gasteiger partial charge is 0.253 e. The van der Waals surface area contributed by atoms with Gasteiger partial charge in [0.2, 0.25) is 0 Å². The highest BCUT2D eigenvalue weighted by Gasteiger charge is 2.27. The Labute approximate surface area is 141 Å². The predicted octanol–water partition coefficient (Wildman–Crippen LogP) is 4.56. The molecule has 1 saturated heterocycles. The van der Waals surface area contributed by atoms with Crippen molar-refractivity contribution in [3.8, 4) is 0 Å². The predicted molar refractivity (Wildman–Crippen MR) is 88.7 cm³/mol. The van der Waals surface area contributed by atoms with Gasteiger partial charge in [-0.15, -0.1) is 0 Å². The second kappa shape index (κ2) is 7.20. The molecule has 1 aliphatic carbocycles. The lowest BCUT2D eigenvalue weighted by Crippen LogP contribution is -2.41. The van der Waals surface area contributed by atoms with Crippen LogP contribution in [0.2, 0.25) is 10.0 Å². The molecule has 5 heteroatoms. The van der Waals surface area contributed by atoms with Crippen molar-refractivity contribution < 1.29 is 9.53 Å². The first-order valence-corrected chi connectivity index (χ1v) is 8.78. The molecule has 0 atom stereocenters. The van der Waals surface area contributed by atoms with Gasteiger partial charge in [-0.25, -0.2) is 0 Å². The number of carbonyl (C=O) groups excluding carboxylic acids is 1. The third-order valence-electron chi connectivity index (χ3n) is 4.53. The summed E-state index contributed by atoms with van der Waals surface area (Å²) in [5.41, 5.74) is 0.563. The second-order valence-corrected chi connectivity index (χ2v) is 7.07. The summed E-state index contributed by atoms with van der Waals surface area (Å²) in [6.45, 7) is 1.47. The molecule has 3 nitrogen and oxygen atoms in total. The van der Waals surface area contributed by atoms with Crippen molar-refractivity contribution in [2.75, 3.05) is 13.1 Å². The molecule has 2 fully saturated rings. The first-order valence-electron chi connectivity index (χ1n) is 8.02. The van der Waals surface area contributed by atoms with Gasteiger partial charge in [-0.3, -0.25) is 4.79 Å². The quantitative estimate of drug-likeness (QED) is 0.806. The van der Waals surface area contributed by atoms with Gasteiger partial charge in [-0.05, 0) is 43.9 Å². The molecule has 0 N–H and O–H groups in total. The van der Waals surface area contributed by atoms with Crippen LogP contribution in [0.5, 0.6) is 0 Å². The maximum atomic E-state index is 12.5. The van der Waals surface area contributed by atoms with Gasteiger partial charge in [0.25, 0.3) is 5.91 Å². The molecule has 1 aromatic carbocycles. The standard InChI is InChI=1S/C17H21Cl2NO2/c18-13-9-12(10-14(19)11-13)17(21)20-7-5-16(6-8-20)22-15-3-1-2-4-15/h9-11,15-16H,1-8H2. The van der Waals surface area contributed by atoms with E-state index >= 15 is 0 Å². The summed E-state index contributed by atoms with van der Waals surface area (Å²) in [4.78, 5) is 14.4. The Morgan fingerprint density at radius 1 is 0.955 bits per heavy atom. The van der Waals surface area contributed by atoms with Crippen LogP contribution in [0.4, 0.5) is 0 Å². The molecule has 0 unspecified atom stereocenters. The number of rotatable bonds is 3. The summed E-state index contributed by atoms with van der Waals surface area (Å²) < 4.78 is 6.14. The third kappa shape index (κ3) is 3.95. The lowest BCUT2D eigenvalue weighted by molar-refractivity contribution is -0.0357. The van der Waals surface area contributed by atoms with Crippen LogP contribution >= 0.6 is 23.2 Å². The van der Waals surface area contributed by atoms with Crippen LogP contribution in [-0.4, -0.2) is 36.1 Å². The number of hydrogen-bond acceptors (Lipinski definition) is 2. The Bertz CT molecular complexity index is 515. The van der Waals surface area contributed by atoms with Crippen LogP contribution in [0, 0.1) is 0 Å². The molecule has 0 radical (unpaired) electrons. The fraction of sp³-hybridized carbons (Fsp3) is 0.588. The van der Waals surface area contributed by atoms with Crippen molar-refractivity contribution in [3.63, 3.8) is 0 Å². The van der Waals surface area contributed by atoms with E-state index in [0.29, 0.717) is 27.8 Å². The van der Waals surface area contributed by atoms with Crippen LogP contribution in [0.3, 0.4) is 0 Å². The van der Waals surface area contributed by atoms with Crippen molar-refractivity contribution in [3.05, 3.63) is 33.8 Å². The number of benzene rings is 1. The number of piperidine rings is 1. The van der Waals surface area contributed by atoms with Crippen molar-refractivity contribution in [2.24, 2.45) is 0 Å². The van der Waals surface area contributed by atoms with E-state index in [0.717, 1.165) is 25.9 Å². The van der Waals surface area contributed by atoms with Crippen molar-refractivity contribution in [1.82, 2.24) is 4.90 Å². The molecule has 22 heavy (non-hydrogen) atoms. The minimum atomic E-state index is 0.00344.